The zero-order valence-electron chi connectivity index (χ0n) is 11.0. The van der Waals surface area contributed by atoms with Crippen LogP contribution in [0.2, 0.25) is 0 Å². The fraction of sp³-hybridized carbons (Fsp3) is 0.500. The second-order valence-electron chi connectivity index (χ2n) is 5.00. The molecule has 0 radical (unpaired) electrons. The number of hydrogen-bond acceptors (Lipinski definition) is 4. The fourth-order valence-electron chi connectivity index (χ4n) is 2.15. The standard InChI is InChI=1S/C12H16FNO4S2/c1-10-6-8-14(9-7-10)20(17,18)12-4-2-11(3-5-12)19(13,15)16/h2-5,10H,6-9H2,1H3. The van der Waals surface area contributed by atoms with Crippen LogP contribution in [0.15, 0.2) is 34.1 Å². The van der Waals surface area contributed by atoms with Gasteiger partial charge in [0.15, 0.2) is 0 Å². The van der Waals surface area contributed by atoms with Gasteiger partial charge in [-0.1, -0.05) is 6.92 Å². The van der Waals surface area contributed by atoms with Crippen molar-refractivity contribution in [2.24, 2.45) is 5.92 Å². The van der Waals surface area contributed by atoms with Gasteiger partial charge in [-0.2, -0.15) is 12.7 Å². The lowest BCUT2D eigenvalue weighted by molar-refractivity contribution is 0.288. The maximum absolute atomic E-state index is 12.8. The highest BCUT2D eigenvalue weighted by atomic mass is 32.3. The lowest BCUT2D eigenvalue weighted by Gasteiger charge is -2.29. The highest BCUT2D eigenvalue weighted by Gasteiger charge is 2.28. The Morgan fingerprint density at radius 3 is 1.90 bits per heavy atom. The van der Waals surface area contributed by atoms with E-state index in [4.69, 9.17) is 0 Å². The molecular weight excluding hydrogens is 305 g/mol. The molecule has 1 fully saturated rings. The second-order valence-corrected chi connectivity index (χ2v) is 8.28. The Hall–Kier alpha value is -0.990. The lowest BCUT2D eigenvalue weighted by atomic mass is 10.0. The molecule has 0 aliphatic carbocycles. The normalized spacial score (nSPS) is 19.1. The van der Waals surface area contributed by atoms with E-state index >= 15 is 0 Å². The van der Waals surface area contributed by atoms with Crippen LogP contribution in [-0.4, -0.2) is 34.2 Å². The molecule has 1 aliphatic heterocycles. The Balaban J connectivity index is 2.26. The number of nitrogens with zero attached hydrogens (tertiary/aromatic N) is 1. The van der Waals surface area contributed by atoms with Crippen LogP contribution in [0.25, 0.3) is 0 Å². The molecule has 1 heterocycles. The molecular formula is C12H16FNO4S2. The lowest BCUT2D eigenvalue weighted by Crippen LogP contribution is -2.37. The Labute approximate surface area is 118 Å². The molecule has 1 saturated heterocycles. The van der Waals surface area contributed by atoms with Gasteiger partial charge >= 0.3 is 10.2 Å². The van der Waals surface area contributed by atoms with Crippen molar-refractivity contribution in [3.8, 4) is 0 Å². The topological polar surface area (TPSA) is 71.5 Å². The molecule has 8 heteroatoms. The van der Waals surface area contributed by atoms with E-state index in [2.05, 4.69) is 6.92 Å². The summed E-state index contributed by atoms with van der Waals surface area (Å²) >= 11 is 0. The Bertz CT molecular complexity index is 675. The van der Waals surface area contributed by atoms with Crippen molar-refractivity contribution in [1.82, 2.24) is 4.31 Å². The van der Waals surface area contributed by atoms with E-state index in [1.165, 1.54) is 4.31 Å². The number of rotatable bonds is 3. The van der Waals surface area contributed by atoms with E-state index in [0.717, 1.165) is 37.1 Å². The summed E-state index contributed by atoms with van der Waals surface area (Å²) in [5.74, 6) is 0.500. The molecule has 0 aromatic heterocycles. The smallest absolute Gasteiger partial charge is 0.207 e. The number of hydrogen-bond donors (Lipinski definition) is 0. The maximum atomic E-state index is 12.8. The maximum Gasteiger partial charge on any atom is 0.332 e. The molecule has 2 rings (SSSR count). The molecule has 0 N–H and O–H groups in total. The average Bonchev–Trinajstić information content (AvgIpc) is 2.38. The van der Waals surface area contributed by atoms with Crippen molar-refractivity contribution in [3.05, 3.63) is 24.3 Å². The van der Waals surface area contributed by atoms with Gasteiger partial charge in [0.05, 0.1) is 9.79 Å². The molecule has 0 unspecified atom stereocenters. The van der Waals surface area contributed by atoms with Gasteiger partial charge in [-0.3, -0.25) is 0 Å². The van der Waals surface area contributed by atoms with Crippen molar-refractivity contribution in [2.45, 2.75) is 29.6 Å². The number of sulfonamides is 1. The monoisotopic (exact) mass is 321 g/mol. The fourth-order valence-corrected chi connectivity index (χ4v) is 4.08. The first-order chi connectivity index (χ1) is 9.21. The molecule has 5 nitrogen and oxygen atoms in total. The van der Waals surface area contributed by atoms with Crippen LogP contribution in [0.1, 0.15) is 19.8 Å². The van der Waals surface area contributed by atoms with Gasteiger partial charge in [0.25, 0.3) is 0 Å². The van der Waals surface area contributed by atoms with Crippen LogP contribution in [-0.2, 0) is 20.2 Å². The third kappa shape index (κ3) is 3.18. The number of benzene rings is 1. The van der Waals surface area contributed by atoms with Crippen molar-refractivity contribution >= 4 is 20.2 Å². The minimum absolute atomic E-state index is 0.0144. The van der Waals surface area contributed by atoms with Gasteiger partial charge in [0, 0.05) is 13.1 Å². The van der Waals surface area contributed by atoms with E-state index in [1.54, 1.807) is 0 Å². The van der Waals surface area contributed by atoms with Gasteiger partial charge in [0.1, 0.15) is 0 Å². The van der Waals surface area contributed by atoms with Gasteiger partial charge in [0.2, 0.25) is 10.0 Å². The van der Waals surface area contributed by atoms with Gasteiger partial charge in [-0.25, -0.2) is 8.42 Å². The minimum Gasteiger partial charge on any atom is -0.207 e. The zero-order chi connectivity index (χ0) is 15.0. The van der Waals surface area contributed by atoms with Crippen LogP contribution in [0.4, 0.5) is 3.89 Å². The first-order valence-electron chi connectivity index (χ1n) is 6.26. The summed E-state index contributed by atoms with van der Waals surface area (Å²) in [4.78, 5) is -0.553. The predicted octanol–water partition coefficient (Wildman–Crippen LogP) is 1.77. The van der Waals surface area contributed by atoms with Crippen LogP contribution in [0.5, 0.6) is 0 Å². The molecule has 0 amide bonds. The van der Waals surface area contributed by atoms with Gasteiger partial charge in [-0.05, 0) is 43.0 Å². The summed E-state index contributed by atoms with van der Waals surface area (Å²) in [5, 5.41) is 0. The Morgan fingerprint density at radius 1 is 1.00 bits per heavy atom. The van der Waals surface area contributed by atoms with Crippen molar-refractivity contribution in [3.63, 3.8) is 0 Å². The van der Waals surface area contributed by atoms with E-state index in [1.807, 2.05) is 0 Å². The van der Waals surface area contributed by atoms with Crippen LogP contribution in [0.3, 0.4) is 0 Å². The van der Waals surface area contributed by atoms with Crippen LogP contribution in [0, 0.1) is 5.92 Å². The van der Waals surface area contributed by atoms with Crippen molar-refractivity contribution in [2.75, 3.05) is 13.1 Å². The van der Waals surface area contributed by atoms with Gasteiger partial charge < -0.3 is 0 Å². The SMILES string of the molecule is CC1CCN(S(=O)(=O)c2ccc(S(=O)(=O)F)cc2)CC1. The van der Waals surface area contributed by atoms with Gasteiger partial charge in [-0.15, -0.1) is 3.89 Å². The predicted molar refractivity (Wildman–Crippen MR) is 71.9 cm³/mol. The Morgan fingerprint density at radius 2 is 1.45 bits per heavy atom. The van der Waals surface area contributed by atoms with E-state index in [0.29, 0.717) is 19.0 Å². The highest BCUT2D eigenvalue weighted by Crippen LogP contribution is 2.24. The van der Waals surface area contributed by atoms with Crippen molar-refractivity contribution in [1.29, 1.82) is 0 Å². The first kappa shape index (κ1) is 15.4. The average molecular weight is 321 g/mol. The van der Waals surface area contributed by atoms with Crippen molar-refractivity contribution < 1.29 is 20.7 Å². The highest BCUT2D eigenvalue weighted by molar-refractivity contribution is 7.89. The van der Waals surface area contributed by atoms with E-state index in [9.17, 15) is 20.7 Å². The molecule has 1 aromatic carbocycles. The van der Waals surface area contributed by atoms with E-state index < -0.39 is 25.1 Å². The minimum atomic E-state index is -4.81. The molecule has 112 valence electrons. The summed E-state index contributed by atoms with van der Waals surface area (Å²) in [6.45, 7) is 2.98. The molecule has 0 atom stereocenters. The molecule has 1 aromatic rings. The van der Waals surface area contributed by atoms with Crippen LogP contribution < -0.4 is 0 Å². The molecule has 0 bridgehead atoms. The first-order valence-corrected chi connectivity index (χ1v) is 9.08. The molecule has 20 heavy (non-hydrogen) atoms. The third-order valence-corrected chi connectivity index (χ3v) is 6.23. The largest absolute Gasteiger partial charge is 0.332 e. The summed E-state index contributed by atoms with van der Waals surface area (Å²) in [6, 6.07) is 4.18. The summed E-state index contributed by atoms with van der Waals surface area (Å²) < 4.78 is 60.2. The molecule has 1 aliphatic rings. The molecule has 0 saturated carbocycles. The summed E-state index contributed by atoms with van der Waals surface area (Å²) in [7, 11) is -8.44. The number of halogens is 1. The molecule has 0 spiro atoms. The zero-order valence-corrected chi connectivity index (χ0v) is 12.6. The quantitative estimate of drug-likeness (QED) is 0.795. The third-order valence-electron chi connectivity index (χ3n) is 3.49. The summed E-state index contributed by atoms with van der Waals surface area (Å²) in [6.07, 6.45) is 1.60. The summed E-state index contributed by atoms with van der Waals surface area (Å²) in [5.41, 5.74) is 0. The van der Waals surface area contributed by atoms with Crippen LogP contribution >= 0.6 is 0 Å². The Kier molecular flexibility index (Phi) is 4.17. The second kappa shape index (κ2) is 5.42. The number of piperidine rings is 1. The van der Waals surface area contributed by atoms with E-state index in [-0.39, 0.29) is 4.90 Å².